The minimum Gasteiger partial charge on any atom is -0.399 e. The van der Waals surface area contributed by atoms with Gasteiger partial charge in [-0.2, -0.15) is 0 Å². The normalized spacial score (nSPS) is 11.7. The van der Waals surface area contributed by atoms with E-state index in [0.29, 0.717) is 11.4 Å². The number of nitrogens with two attached hydrogens (primary N) is 1. The Labute approximate surface area is 71.9 Å². The molecule has 0 heterocycles. The summed E-state index contributed by atoms with van der Waals surface area (Å²) < 4.78 is 0. The van der Waals surface area contributed by atoms with Crippen LogP contribution in [-0.2, 0) is 4.79 Å². The Hall–Kier alpha value is -1.58. The van der Waals surface area contributed by atoms with Crippen molar-refractivity contribution in [1.82, 2.24) is 5.32 Å². The van der Waals surface area contributed by atoms with Crippen LogP contribution in [0.1, 0.15) is 6.92 Å². The van der Waals surface area contributed by atoms with Crippen molar-refractivity contribution in [2.24, 2.45) is 10.7 Å². The Balaban J connectivity index is 4.18. The molecule has 0 aromatic rings. The number of aliphatic imine (C=N–C) groups is 1. The van der Waals surface area contributed by atoms with E-state index in [1.54, 1.807) is 14.0 Å². The first kappa shape index (κ1) is 10.4. The number of nitrogens with zero attached hydrogens (tertiary/aromatic N) is 1. The highest BCUT2D eigenvalue weighted by Gasteiger charge is 1.98. The van der Waals surface area contributed by atoms with Crippen LogP contribution >= 0.6 is 0 Å². The van der Waals surface area contributed by atoms with Gasteiger partial charge in [0.1, 0.15) is 5.71 Å². The van der Waals surface area contributed by atoms with Crippen LogP contribution in [0.5, 0.6) is 0 Å². The lowest BCUT2D eigenvalue weighted by Gasteiger charge is -1.94. The van der Waals surface area contributed by atoms with E-state index >= 15 is 0 Å². The first-order chi connectivity index (χ1) is 5.57. The summed E-state index contributed by atoms with van der Waals surface area (Å²) in [7, 11) is 1.55. The number of allylic oxidation sites excluding steroid dienone is 1. The SMILES string of the molecule is C=C(N)/C=C\N=C(/C)C(=O)NC. The summed E-state index contributed by atoms with van der Waals surface area (Å²) in [6.07, 6.45) is 2.96. The van der Waals surface area contributed by atoms with Gasteiger partial charge in [-0.25, -0.2) is 0 Å². The smallest absolute Gasteiger partial charge is 0.265 e. The summed E-state index contributed by atoms with van der Waals surface area (Å²) in [4.78, 5) is 14.7. The van der Waals surface area contributed by atoms with Crippen molar-refractivity contribution in [2.75, 3.05) is 7.05 Å². The summed E-state index contributed by atoms with van der Waals surface area (Å²) in [6, 6.07) is 0. The van der Waals surface area contributed by atoms with Crippen LogP contribution in [0.25, 0.3) is 0 Å². The van der Waals surface area contributed by atoms with Gasteiger partial charge in [0.15, 0.2) is 0 Å². The molecule has 3 N–H and O–H groups in total. The monoisotopic (exact) mass is 167 g/mol. The van der Waals surface area contributed by atoms with Gasteiger partial charge >= 0.3 is 0 Å². The molecule has 0 atom stereocenters. The molecule has 12 heavy (non-hydrogen) atoms. The predicted octanol–water partition coefficient (Wildman–Crippen LogP) is 0.179. The average molecular weight is 167 g/mol. The first-order valence-electron chi connectivity index (χ1n) is 3.45. The fourth-order valence-electron chi connectivity index (χ4n) is 0.484. The lowest BCUT2D eigenvalue weighted by atomic mass is 10.4. The van der Waals surface area contributed by atoms with Gasteiger partial charge in [-0.3, -0.25) is 9.79 Å². The zero-order chi connectivity index (χ0) is 9.56. The second-order valence-corrected chi connectivity index (χ2v) is 2.18. The van der Waals surface area contributed by atoms with Crippen molar-refractivity contribution in [3.8, 4) is 0 Å². The molecule has 4 heteroatoms. The minimum atomic E-state index is -0.206. The Morgan fingerprint density at radius 2 is 2.25 bits per heavy atom. The molecule has 0 rings (SSSR count). The molecule has 4 nitrogen and oxygen atoms in total. The van der Waals surface area contributed by atoms with Crippen LogP contribution in [0.15, 0.2) is 29.5 Å². The van der Waals surface area contributed by atoms with E-state index < -0.39 is 0 Å². The molecular weight excluding hydrogens is 154 g/mol. The number of amides is 1. The van der Waals surface area contributed by atoms with E-state index in [1.807, 2.05) is 0 Å². The van der Waals surface area contributed by atoms with Gasteiger partial charge in [0.2, 0.25) is 0 Å². The molecule has 1 amide bonds. The zero-order valence-electron chi connectivity index (χ0n) is 7.29. The maximum atomic E-state index is 10.9. The zero-order valence-corrected chi connectivity index (χ0v) is 7.29. The van der Waals surface area contributed by atoms with Crippen molar-refractivity contribution in [1.29, 1.82) is 0 Å². The van der Waals surface area contributed by atoms with Crippen LogP contribution in [-0.4, -0.2) is 18.7 Å². The molecule has 0 aromatic heterocycles. The van der Waals surface area contributed by atoms with E-state index in [9.17, 15) is 4.79 Å². The Morgan fingerprint density at radius 3 is 2.67 bits per heavy atom. The number of carbonyl (C=O) groups excluding carboxylic acids is 1. The second-order valence-electron chi connectivity index (χ2n) is 2.18. The standard InChI is InChI=1S/C8H13N3O/c1-6(9)4-5-11-7(2)8(12)10-3/h4-5H,1,9H2,2-3H3,(H,10,12)/b5-4-,11-7+. The van der Waals surface area contributed by atoms with Gasteiger partial charge in [0, 0.05) is 18.9 Å². The highest BCUT2D eigenvalue weighted by Crippen LogP contribution is 1.84. The van der Waals surface area contributed by atoms with Gasteiger partial charge in [0.05, 0.1) is 0 Å². The molecule has 0 saturated heterocycles. The molecule has 0 aliphatic rings. The van der Waals surface area contributed by atoms with Gasteiger partial charge in [-0.15, -0.1) is 0 Å². The molecule has 0 unspecified atom stereocenters. The largest absolute Gasteiger partial charge is 0.399 e. The van der Waals surface area contributed by atoms with Crippen molar-refractivity contribution < 1.29 is 4.79 Å². The fraction of sp³-hybridized carbons (Fsp3) is 0.250. The number of nitrogens with one attached hydrogen (secondary N) is 1. The van der Waals surface area contributed by atoms with Crippen molar-refractivity contribution in [3.63, 3.8) is 0 Å². The number of rotatable bonds is 3. The molecule has 0 aliphatic heterocycles. The van der Waals surface area contributed by atoms with Crippen LogP contribution in [0.2, 0.25) is 0 Å². The summed E-state index contributed by atoms with van der Waals surface area (Å²) in [5, 5.41) is 2.45. The average Bonchev–Trinajstić information content (AvgIpc) is 2.02. The van der Waals surface area contributed by atoms with Crippen molar-refractivity contribution in [2.45, 2.75) is 6.92 Å². The van der Waals surface area contributed by atoms with E-state index in [-0.39, 0.29) is 5.91 Å². The molecule has 0 bridgehead atoms. The fourth-order valence-corrected chi connectivity index (χ4v) is 0.484. The summed E-state index contributed by atoms with van der Waals surface area (Å²) in [5.74, 6) is -0.206. The molecule has 0 fully saturated rings. The maximum absolute atomic E-state index is 10.9. The maximum Gasteiger partial charge on any atom is 0.265 e. The van der Waals surface area contributed by atoms with E-state index in [2.05, 4.69) is 16.9 Å². The third-order valence-corrected chi connectivity index (χ3v) is 1.11. The Morgan fingerprint density at radius 1 is 1.67 bits per heavy atom. The molecule has 0 aliphatic carbocycles. The number of carbonyl (C=O) groups is 1. The van der Waals surface area contributed by atoms with Gasteiger partial charge in [-0.1, -0.05) is 6.58 Å². The Kier molecular flexibility index (Phi) is 4.45. The summed E-state index contributed by atoms with van der Waals surface area (Å²) in [5.41, 5.74) is 6.03. The minimum absolute atomic E-state index is 0.206. The van der Waals surface area contributed by atoms with Crippen LogP contribution < -0.4 is 11.1 Å². The van der Waals surface area contributed by atoms with Crippen LogP contribution in [0.4, 0.5) is 0 Å². The van der Waals surface area contributed by atoms with E-state index in [1.165, 1.54) is 12.3 Å². The third-order valence-electron chi connectivity index (χ3n) is 1.11. The van der Waals surface area contributed by atoms with Gasteiger partial charge in [-0.05, 0) is 13.0 Å². The van der Waals surface area contributed by atoms with Crippen LogP contribution in [0, 0.1) is 0 Å². The lowest BCUT2D eigenvalue weighted by Crippen LogP contribution is -2.24. The molecule has 0 aromatic carbocycles. The van der Waals surface area contributed by atoms with Crippen molar-refractivity contribution >= 4 is 11.6 Å². The molecular formula is C8H13N3O. The van der Waals surface area contributed by atoms with Crippen molar-refractivity contribution in [3.05, 3.63) is 24.6 Å². The predicted molar refractivity (Wildman–Crippen MR) is 49.6 cm³/mol. The van der Waals surface area contributed by atoms with E-state index in [0.717, 1.165) is 0 Å². The van der Waals surface area contributed by atoms with Gasteiger partial charge < -0.3 is 11.1 Å². The molecule has 0 radical (unpaired) electrons. The highest BCUT2D eigenvalue weighted by molar-refractivity contribution is 6.37. The topological polar surface area (TPSA) is 67.5 Å². The quantitative estimate of drug-likeness (QED) is 0.465. The summed E-state index contributed by atoms with van der Waals surface area (Å²) in [6.45, 7) is 5.05. The lowest BCUT2D eigenvalue weighted by molar-refractivity contribution is -0.114. The number of hydrogen-bond acceptors (Lipinski definition) is 3. The molecule has 0 spiro atoms. The highest BCUT2D eigenvalue weighted by atomic mass is 16.1. The Bertz CT molecular complexity index is 241. The van der Waals surface area contributed by atoms with E-state index in [4.69, 9.17) is 5.73 Å². The first-order valence-corrected chi connectivity index (χ1v) is 3.45. The molecule has 0 saturated carbocycles. The second kappa shape index (κ2) is 5.12. The molecule has 66 valence electrons. The number of hydrogen-bond donors (Lipinski definition) is 2. The third kappa shape index (κ3) is 4.27. The summed E-state index contributed by atoms with van der Waals surface area (Å²) >= 11 is 0. The van der Waals surface area contributed by atoms with Gasteiger partial charge in [0.25, 0.3) is 5.91 Å². The van der Waals surface area contributed by atoms with Crippen LogP contribution in [0.3, 0.4) is 0 Å².